The zero-order valence-electron chi connectivity index (χ0n) is 12.0. The molecule has 0 saturated heterocycles. The van der Waals surface area contributed by atoms with E-state index in [9.17, 15) is 4.79 Å². The van der Waals surface area contributed by atoms with Gasteiger partial charge >= 0.3 is 0 Å². The van der Waals surface area contributed by atoms with Crippen molar-refractivity contribution >= 4 is 17.6 Å². The van der Waals surface area contributed by atoms with Crippen molar-refractivity contribution in [3.63, 3.8) is 0 Å². The maximum absolute atomic E-state index is 11.6. The first kappa shape index (κ1) is 16.0. The Morgan fingerprint density at radius 2 is 2.05 bits per heavy atom. The Bertz CT molecular complexity index is 432. The van der Waals surface area contributed by atoms with E-state index in [4.69, 9.17) is 5.84 Å². The van der Waals surface area contributed by atoms with Crippen molar-refractivity contribution in [2.45, 2.75) is 32.7 Å². The molecule has 0 fully saturated rings. The molecule has 0 spiro atoms. The molecule has 0 aliphatic heterocycles. The number of carbonyl (C=O) groups excluding carboxylic acids is 1. The highest BCUT2D eigenvalue weighted by molar-refractivity contribution is 5.93. The predicted molar refractivity (Wildman–Crippen MR) is 82.2 cm³/mol. The lowest BCUT2D eigenvalue weighted by Crippen LogP contribution is -2.37. The maximum Gasteiger partial charge on any atom is 0.222 e. The Balaban J connectivity index is 2.40. The fraction of sp³-hybridized carbons (Fsp3) is 0.429. The van der Waals surface area contributed by atoms with Crippen LogP contribution in [0.4, 0.5) is 5.69 Å². The van der Waals surface area contributed by atoms with Gasteiger partial charge in [-0.1, -0.05) is 25.1 Å². The Kier molecular flexibility index (Phi) is 7.13. The summed E-state index contributed by atoms with van der Waals surface area (Å²) in [6.07, 6.45) is 1.26. The molecule has 1 aromatic carbocycles. The number of hydrogen-bond donors (Lipinski definition) is 4. The van der Waals surface area contributed by atoms with Crippen molar-refractivity contribution < 1.29 is 4.79 Å². The van der Waals surface area contributed by atoms with Crippen LogP contribution in [-0.4, -0.2) is 24.5 Å². The van der Waals surface area contributed by atoms with E-state index in [1.54, 1.807) is 0 Å². The van der Waals surface area contributed by atoms with E-state index in [0.29, 0.717) is 18.9 Å². The van der Waals surface area contributed by atoms with Gasteiger partial charge in [0, 0.05) is 18.2 Å². The van der Waals surface area contributed by atoms with Gasteiger partial charge in [0.2, 0.25) is 11.9 Å². The minimum Gasteiger partial charge on any atom is -0.354 e. The SMILES string of the molecule is CCC(C)NC(=O)CCN=C(NN)Nc1ccccc1. The highest BCUT2D eigenvalue weighted by Gasteiger charge is 2.05. The molecule has 20 heavy (non-hydrogen) atoms. The second kappa shape index (κ2) is 8.92. The number of nitrogens with one attached hydrogen (secondary N) is 3. The van der Waals surface area contributed by atoms with E-state index in [-0.39, 0.29) is 11.9 Å². The topological polar surface area (TPSA) is 91.5 Å². The first-order valence-electron chi connectivity index (χ1n) is 6.78. The molecule has 6 heteroatoms. The second-order valence-electron chi connectivity index (χ2n) is 4.49. The van der Waals surface area contributed by atoms with Crippen molar-refractivity contribution in [1.29, 1.82) is 0 Å². The highest BCUT2D eigenvalue weighted by atomic mass is 16.1. The Hall–Kier alpha value is -2.08. The summed E-state index contributed by atoms with van der Waals surface area (Å²) in [4.78, 5) is 15.8. The summed E-state index contributed by atoms with van der Waals surface area (Å²) in [5.41, 5.74) is 3.37. The van der Waals surface area contributed by atoms with Crippen LogP contribution < -0.4 is 21.9 Å². The molecule has 110 valence electrons. The fourth-order valence-corrected chi connectivity index (χ4v) is 1.50. The van der Waals surface area contributed by atoms with Gasteiger partial charge in [-0.2, -0.15) is 0 Å². The molecule has 1 rings (SSSR count). The first-order valence-corrected chi connectivity index (χ1v) is 6.78. The summed E-state index contributed by atoms with van der Waals surface area (Å²) in [5.74, 6) is 5.83. The van der Waals surface area contributed by atoms with Crippen LogP contribution in [0.1, 0.15) is 26.7 Å². The molecule has 5 N–H and O–H groups in total. The summed E-state index contributed by atoms with van der Waals surface area (Å²) in [6, 6.07) is 9.76. The number of carbonyl (C=O) groups is 1. The van der Waals surface area contributed by atoms with E-state index in [1.807, 2.05) is 44.2 Å². The number of benzene rings is 1. The lowest BCUT2D eigenvalue weighted by molar-refractivity contribution is -0.121. The van der Waals surface area contributed by atoms with Gasteiger partial charge in [-0.25, -0.2) is 5.84 Å². The molecule has 6 nitrogen and oxygen atoms in total. The number of aliphatic imine (C=N–C) groups is 1. The molecule has 0 aromatic heterocycles. The van der Waals surface area contributed by atoms with Gasteiger partial charge in [-0.05, 0) is 25.5 Å². The maximum atomic E-state index is 11.6. The van der Waals surface area contributed by atoms with Crippen LogP contribution in [0.15, 0.2) is 35.3 Å². The van der Waals surface area contributed by atoms with Crippen LogP contribution in [0, 0.1) is 0 Å². The van der Waals surface area contributed by atoms with Crippen molar-refractivity contribution in [1.82, 2.24) is 10.7 Å². The zero-order chi connectivity index (χ0) is 14.8. The van der Waals surface area contributed by atoms with Crippen LogP contribution in [0.5, 0.6) is 0 Å². The van der Waals surface area contributed by atoms with Gasteiger partial charge in [0.05, 0.1) is 6.54 Å². The lowest BCUT2D eigenvalue weighted by atomic mass is 10.2. The minimum absolute atomic E-state index is 0.000757. The molecular formula is C14H23N5O. The number of guanidine groups is 1. The number of rotatable bonds is 6. The standard InChI is InChI=1S/C14H23N5O/c1-3-11(2)17-13(20)9-10-16-14(19-15)18-12-7-5-4-6-8-12/h4-8,11H,3,9-10,15H2,1-2H3,(H,17,20)(H2,16,18,19). The van der Waals surface area contributed by atoms with Crippen molar-refractivity contribution in [3.8, 4) is 0 Å². The molecule has 1 unspecified atom stereocenters. The average Bonchev–Trinajstić information content (AvgIpc) is 2.47. The van der Waals surface area contributed by atoms with Crippen LogP contribution in [-0.2, 0) is 4.79 Å². The van der Waals surface area contributed by atoms with Crippen LogP contribution >= 0.6 is 0 Å². The molecule has 1 amide bonds. The highest BCUT2D eigenvalue weighted by Crippen LogP contribution is 2.04. The Morgan fingerprint density at radius 3 is 2.65 bits per heavy atom. The van der Waals surface area contributed by atoms with Gasteiger partial charge in [-0.15, -0.1) is 0 Å². The molecular weight excluding hydrogens is 254 g/mol. The molecule has 0 aliphatic carbocycles. The lowest BCUT2D eigenvalue weighted by Gasteiger charge is -2.11. The summed E-state index contributed by atoms with van der Waals surface area (Å²) >= 11 is 0. The Labute approximate surface area is 119 Å². The van der Waals surface area contributed by atoms with E-state index in [1.165, 1.54) is 0 Å². The summed E-state index contributed by atoms with van der Waals surface area (Å²) in [5, 5.41) is 5.93. The number of nitrogens with two attached hydrogens (primary N) is 1. The summed E-state index contributed by atoms with van der Waals surface area (Å²) in [6.45, 7) is 4.38. The number of anilines is 1. The number of para-hydroxylation sites is 1. The predicted octanol–water partition coefficient (Wildman–Crippen LogP) is 1.22. The molecule has 0 aliphatic rings. The van der Waals surface area contributed by atoms with E-state index < -0.39 is 0 Å². The fourth-order valence-electron chi connectivity index (χ4n) is 1.50. The van der Waals surface area contributed by atoms with Crippen LogP contribution in [0.3, 0.4) is 0 Å². The average molecular weight is 277 g/mol. The molecule has 1 aromatic rings. The van der Waals surface area contributed by atoms with Crippen LogP contribution in [0.2, 0.25) is 0 Å². The van der Waals surface area contributed by atoms with E-state index in [2.05, 4.69) is 21.1 Å². The van der Waals surface area contributed by atoms with Crippen molar-refractivity contribution in [2.75, 3.05) is 11.9 Å². The number of hydrazine groups is 1. The van der Waals surface area contributed by atoms with Crippen LogP contribution in [0.25, 0.3) is 0 Å². The minimum atomic E-state index is -0.000757. The molecule has 0 heterocycles. The third-order valence-electron chi connectivity index (χ3n) is 2.80. The van der Waals surface area contributed by atoms with Crippen molar-refractivity contribution in [3.05, 3.63) is 30.3 Å². The normalized spacial score (nSPS) is 12.7. The monoisotopic (exact) mass is 277 g/mol. The Morgan fingerprint density at radius 1 is 1.35 bits per heavy atom. The van der Waals surface area contributed by atoms with Gasteiger partial charge in [0.1, 0.15) is 0 Å². The summed E-state index contributed by atoms with van der Waals surface area (Å²) in [7, 11) is 0. The van der Waals surface area contributed by atoms with Gasteiger partial charge in [0.15, 0.2) is 0 Å². The number of hydrogen-bond acceptors (Lipinski definition) is 3. The quantitative estimate of drug-likeness (QED) is 0.272. The molecule has 1 atom stereocenters. The third kappa shape index (κ3) is 6.19. The number of nitrogens with zero attached hydrogens (tertiary/aromatic N) is 1. The molecule has 0 bridgehead atoms. The largest absolute Gasteiger partial charge is 0.354 e. The van der Waals surface area contributed by atoms with Gasteiger partial charge in [-0.3, -0.25) is 15.2 Å². The summed E-state index contributed by atoms with van der Waals surface area (Å²) < 4.78 is 0. The molecule has 0 saturated carbocycles. The second-order valence-corrected chi connectivity index (χ2v) is 4.49. The first-order chi connectivity index (χ1) is 9.65. The van der Waals surface area contributed by atoms with Crippen molar-refractivity contribution in [2.24, 2.45) is 10.8 Å². The zero-order valence-corrected chi connectivity index (χ0v) is 12.0. The number of amides is 1. The van der Waals surface area contributed by atoms with E-state index in [0.717, 1.165) is 12.1 Å². The van der Waals surface area contributed by atoms with Gasteiger partial charge < -0.3 is 10.6 Å². The third-order valence-corrected chi connectivity index (χ3v) is 2.80. The van der Waals surface area contributed by atoms with E-state index >= 15 is 0 Å². The smallest absolute Gasteiger partial charge is 0.222 e. The van der Waals surface area contributed by atoms with Gasteiger partial charge in [0.25, 0.3) is 0 Å². The molecule has 0 radical (unpaired) electrons.